The van der Waals surface area contributed by atoms with E-state index in [0.29, 0.717) is 5.56 Å². The average Bonchev–Trinajstić information content (AvgIpc) is 2.24. The number of hydrazone groups is 1. The van der Waals surface area contributed by atoms with Gasteiger partial charge < -0.3 is 0 Å². The molecule has 16 heavy (non-hydrogen) atoms. The van der Waals surface area contributed by atoms with E-state index in [1.807, 2.05) is 32.0 Å². The second kappa shape index (κ2) is 6.05. The summed E-state index contributed by atoms with van der Waals surface area (Å²) in [5.74, 6) is -0.148. The maximum absolute atomic E-state index is 11.7. The SMILES string of the molecule is CCC/C=N\NC(=O)c1ccc(C)cc1C. The van der Waals surface area contributed by atoms with Gasteiger partial charge in [-0.3, -0.25) is 4.79 Å². The maximum Gasteiger partial charge on any atom is 0.271 e. The molecule has 0 spiro atoms. The van der Waals surface area contributed by atoms with Crippen LogP contribution in [0.3, 0.4) is 0 Å². The van der Waals surface area contributed by atoms with Crippen LogP contribution in [0.25, 0.3) is 0 Å². The maximum atomic E-state index is 11.7. The molecule has 0 heterocycles. The molecule has 1 amide bonds. The summed E-state index contributed by atoms with van der Waals surface area (Å²) in [6.45, 7) is 6.00. The second-order valence-corrected chi connectivity index (χ2v) is 3.86. The van der Waals surface area contributed by atoms with Crippen LogP contribution in [0.15, 0.2) is 23.3 Å². The van der Waals surface area contributed by atoms with Crippen LogP contribution >= 0.6 is 0 Å². The van der Waals surface area contributed by atoms with Crippen molar-refractivity contribution in [3.8, 4) is 0 Å². The van der Waals surface area contributed by atoms with E-state index >= 15 is 0 Å². The van der Waals surface area contributed by atoms with Crippen molar-refractivity contribution in [1.29, 1.82) is 0 Å². The second-order valence-electron chi connectivity index (χ2n) is 3.86. The van der Waals surface area contributed by atoms with Crippen LogP contribution in [0.4, 0.5) is 0 Å². The largest absolute Gasteiger partial charge is 0.271 e. The fourth-order valence-electron chi connectivity index (χ4n) is 1.43. The van der Waals surface area contributed by atoms with Gasteiger partial charge in [0.25, 0.3) is 5.91 Å². The molecule has 3 nitrogen and oxygen atoms in total. The predicted molar refractivity (Wildman–Crippen MR) is 66.8 cm³/mol. The Balaban J connectivity index is 2.66. The summed E-state index contributed by atoms with van der Waals surface area (Å²) >= 11 is 0. The summed E-state index contributed by atoms with van der Waals surface area (Å²) in [6, 6.07) is 5.75. The van der Waals surface area contributed by atoms with E-state index < -0.39 is 0 Å². The predicted octanol–water partition coefficient (Wildman–Crippen LogP) is 2.82. The van der Waals surface area contributed by atoms with Crippen molar-refractivity contribution >= 4 is 12.1 Å². The highest BCUT2D eigenvalue weighted by Crippen LogP contribution is 2.10. The van der Waals surface area contributed by atoms with Gasteiger partial charge in [0.05, 0.1) is 0 Å². The van der Waals surface area contributed by atoms with E-state index in [2.05, 4.69) is 17.5 Å². The number of benzene rings is 1. The van der Waals surface area contributed by atoms with Gasteiger partial charge in [-0.15, -0.1) is 0 Å². The molecule has 0 saturated carbocycles. The van der Waals surface area contributed by atoms with Crippen molar-refractivity contribution in [3.05, 3.63) is 34.9 Å². The van der Waals surface area contributed by atoms with Gasteiger partial charge in [-0.25, -0.2) is 5.43 Å². The molecule has 0 aliphatic heterocycles. The first-order valence-electron chi connectivity index (χ1n) is 5.54. The summed E-state index contributed by atoms with van der Waals surface area (Å²) in [6.07, 6.45) is 3.64. The van der Waals surface area contributed by atoms with Gasteiger partial charge in [-0.05, 0) is 31.9 Å². The van der Waals surface area contributed by atoms with Crippen LogP contribution in [-0.2, 0) is 0 Å². The molecule has 0 aliphatic carbocycles. The minimum atomic E-state index is -0.148. The minimum absolute atomic E-state index is 0.148. The Labute approximate surface area is 96.6 Å². The first-order valence-corrected chi connectivity index (χ1v) is 5.54. The van der Waals surface area contributed by atoms with Gasteiger partial charge in [-0.1, -0.05) is 31.0 Å². The van der Waals surface area contributed by atoms with Crippen molar-refractivity contribution in [1.82, 2.24) is 5.43 Å². The molecule has 1 aromatic carbocycles. The van der Waals surface area contributed by atoms with Gasteiger partial charge in [0.15, 0.2) is 0 Å². The van der Waals surface area contributed by atoms with Crippen molar-refractivity contribution in [2.75, 3.05) is 0 Å². The fraction of sp³-hybridized carbons (Fsp3) is 0.385. The normalized spacial score (nSPS) is 10.7. The highest BCUT2D eigenvalue weighted by molar-refractivity contribution is 5.95. The Kier molecular flexibility index (Phi) is 4.70. The highest BCUT2D eigenvalue weighted by Gasteiger charge is 2.06. The zero-order valence-electron chi connectivity index (χ0n) is 10.1. The van der Waals surface area contributed by atoms with Crippen LogP contribution in [0.2, 0.25) is 0 Å². The number of hydrogen-bond donors (Lipinski definition) is 1. The summed E-state index contributed by atoms with van der Waals surface area (Å²) < 4.78 is 0. The van der Waals surface area contributed by atoms with Gasteiger partial charge in [0.2, 0.25) is 0 Å². The molecule has 0 atom stereocenters. The van der Waals surface area contributed by atoms with E-state index in [-0.39, 0.29) is 5.91 Å². The van der Waals surface area contributed by atoms with Gasteiger partial charge in [0, 0.05) is 11.8 Å². The number of amides is 1. The summed E-state index contributed by atoms with van der Waals surface area (Å²) in [4.78, 5) is 11.7. The first-order chi connectivity index (χ1) is 7.65. The Morgan fingerprint density at radius 2 is 2.19 bits per heavy atom. The van der Waals surface area contributed by atoms with Gasteiger partial charge in [0.1, 0.15) is 0 Å². The van der Waals surface area contributed by atoms with Crippen molar-refractivity contribution in [2.45, 2.75) is 33.6 Å². The lowest BCUT2D eigenvalue weighted by atomic mass is 10.1. The molecule has 0 fully saturated rings. The molecular formula is C13H18N2O. The monoisotopic (exact) mass is 218 g/mol. The number of nitrogens with zero attached hydrogens (tertiary/aromatic N) is 1. The number of unbranched alkanes of at least 4 members (excludes halogenated alkanes) is 1. The highest BCUT2D eigenvalue weighted by atomic mass is 16.2. The molecule has 0 radical (unpaired) electrons. The van der Waals surface area contributed by atoms with Crippen LogP contribution in [0.1, 0.15) is 41.3 Å². The fourth-order valence-corrected chi connectivity index (χ4v) is 1.43. The van der Waals surface area contributed by atoms with Crippen molar-refractivity contribution < 1.29 is 4.79 Å². The number of carbonyl (C=O) groups excluding carboxylic acids is 1. The molecule has 1 N–H and O–H groups in total. The van der Waals surface area contributed by atoms with Crippen LogP contribution < -0.4 is 5.43 Å². The van der Waals surface area contributed by atoms with Gasteiger partial charge >= 0.3 is 0 Å². The molecule has 0 saturated heterocycles. The number of hydrogen-bond acceptors (Lipinski definition) is 2. The molecule has 0 bridgehead atoms. The van der Waals surface area contributed by atoms with Crippen LogP contribution in [-0.4, -0.2) is 12.1 Å². The number of carbonyl (C=O) groups is 1. The average molecular weight is 218 g/mol. The summed E-state index contributed by atoms with van der Waals surface area (Å²) in [7, 11) is 0. The van der Waals surface area contributed by atoms with Gasteiger partial charge in [-0.2, -0.15) is 5.10 Å². The topological polar surface area (TPSA) is 41.5 Å². The summed E-state index contributed by atoms with van der Waals surface area (Å²) in [5.41, 5.74) is 5.34. The van der Waals surface area contributed by atoms with E-state index in [0.717, 1.165) is 24.0 Å². The Bertz CT molecular complexity index is 397. The lowest BCUT2D eigenvalue weighted by Gasteiger charge is -2.04. The molecule has 0 unspecified atom stereocenters. The van der Waals surface area contributed by atoms with E-state index in [9.17, 15) is 4.79 Å². The minimum Gasteiger partial charge on any atom is -0.267 e. The van der Waals surface area contributed by atoms with Crippen molar-refractivity contribution in [2.24, 2.45) is 5.10 Å². The van der Waals surface area contributed by atoms with Crippen LogP contribution in [0.5, 0.6) is 0 Å². The first kappa shape index (κ1) is 12.4. The van der Waals surface area contributed by atoms with Crippen LogP contribution in [0, 0.1) is 13.8 Å². The molecule has 0 aromatic heterocycles. The zero-order chi connectivity index (χ0) is 12.0. The molecule has 3 heteroatoms. The van der Waals surface area contributed by atoms with E-state index in [1.165, 1.54) is 0 Å². The number of aryl methyl sites for hydroxylation is 2. The number of rotatable bonds is 4. The lowest BCUT2D eigenvalue weighted by Crippen LogP contribution is -2.18. The van der Waals surface area contributed by atoms with Crippen molar-refractivity contribution in [3.63, 3.8) is 0 Å². The molecule has 1 rings (SSSR count). The smallest absolute Gasteiger partial charge is 0.267 e. The standard InChI is InChI=1S/C13H18N2O/c1-4-5-8-14-15-13(16)12-7-6-10(2)9-11(12)3/h6-9H,4-5H2,1-3H3,(H,15,16)/b14-8-. The Morgan fingerprint density at radius 3 is 2.81 bits per heavy atom. The Morgan fingerprint density at radius 1 is 1.44 bits per heavy atom. The third-order valence-corrected chi connectivity index (χ3v) is 2.30. The third kappa shape index (κ3) is 3.50. The van der Waals surface area contributed by atoms with E-state index in [1.54, 1.807) is 6.21 Å². The molecular weight excluding hydrogens is 200 g/mol. The van der Waals surface area contributed by atoms with E-state index in [4.69, 9.17) is 0 Å². The molecule has 0 aliphatic rings. The third-order valence-electron chi connectivity index (χ3n) is 2.30. The molecule has 1 aromatic rings. The zero-order valence-corrected chi connectivity index (χ0v) is 10.1. The molecule has 86 valence electrons. The summed E-state index contributed by atoms with van der Waals surface area (Å²) in [5, 5.41) is 3.88. The quantitative estimate of drug-likeness (QED) is 0.612. The number of nitrogens with one attached hydrogen (secondary N) is 1. The Hall–Kier alpha value is -1.64. The lowest BCUT2D eigenvalue weighted by molar-refractivity contribution is 0.0954.